The number of H-pyrrole nitrogens is 1. The van der Waals surface area contributed by atoms with E-state index >= 15 is 0 Å². The van der Waals surface area contributed by atoms with Gasteiger partial charge in [0.2, 0.25) is 0 Å². The molecule has 3 N–H and O–H groups in total. The minimum atomic E-state index is -0.494. The molecule has 11 heteroatoms. The van der Waals surface area contributed by atoms with Gasteiger partial charge in [-0.2, -0.15) is 10.2 Å². The normalized spacial score (nSPS) is 35.5. The first-order valence-electron chi connectivity index (χ1n) is 19.0. The van der Waals surface area contributed by atoms with E-state index in [2.05, 4.69) is 39.4 Å². The summed E-state index contributed by atoms with van der Waals surface area (Å²) in [5.74, 6) is 3.52. The van der Waals surface area contributed by atoms with Crippen LogP contribution in [0.2, 0.25) is 0 Å². The Morgan fingerprint density at radius 3 is 2.61 bits per heavy atom. The van der Waals surface area contributed by atoms with Crippen LogP contribution in [0.1, 0.15) is 101 Å². The maximum Gasteiger partial charge on any atom is 0.272 e. The van der Waals surface area contributed by atoms with E-state index in [0.29, 0.717) is 47.1 Å². The number of aryl methyl sites for hydroxylation is 1. The minimum absolute atomic E-state index is 0.0957. The Kier molecular flexibility index (Phi) is 8.03. The van der Waals surface area contributed by atoms with Crippen molar-refractivity contribution in [1.82, 2.24) is 25.0 Å². The standard InChI is InChI=1S/C40H49FN6O4/c1-39-14-12-25(48)18-23(39)6-9-27-29-10-11-32(40(29,2)15-13-30(27)39)51-17-16-50-26-7-4-22(5-8-26)35-34(37-42-21-43-47(37)3)36-33-28(38(49)46-45-36)19-24(41)20-31(33)44-35/h4-5,7-8,19-21,23,25,27,29-30,32,34-35,44,48H,6,9-18H2,1-3H3,(H,46,49)/t23-,25?,27-,29-,30-,32-,34+,35?,39-,40-/m0/s1. The molecule has 3 heterocycles. The zero-order valence-corrected chi connectivity index (χ0v) is 29.8. The Hall–Kier alpha value is -3.83. The average molecular weight is 697 g/mol. The van der Waals surface area contributed by atoms with Crippen molar-refractivity contribution >= 4 is 16.5 Å². The predicted molar refractivity (Wildman–Crippen MR) is 191 cm³/mol. The maximum absolute atomic E-state index is 14.7. The highest BCUT2D eigenvalue weighted by Gasteiger charge is 2.60. The zero-order chi connectivity index (χ0) is 35.1. The van der Waals surface area contributed by atoms with Crippen LogP contribution in [0.3, 0.4) is 0 Å². The van der Waals surface area contributed by atoms with Crippen LogP contribution in [-0.4, -0.2) is 55.5 Å². The molecule has 51 heavy (non-hydrogen) atoms. The molecule has 10 atom stereocenters. The van der Waals surface area contributed by atoms with Crippen LogP contribution in [0.4, 0.5) is 10.1 Å². The van der Waals surface area contributed by atoms with E-state index in [4.69, 9.17) is 9.47 Å². The number of nitrogens with one attached hydrogen (secondary N) is 2. The third-order valence-electron chi connectivity index (χ3n) is 14.3. The number of aliphatic hydroxyl groups is 1. The highest BCUT2D eigenvalue weighted by molar-refractivity contribution is 5.97. The fourth-order valence-electron chi connectivity index (χ4n) is 11.8. The summed E-state index contributed by atoms with van der Waals surface area (Å²) in [5, 5.41) is 26.0. The highest BCUT2D eigenvalue weighted by Crippen LogP contribution is 2.66. The fourth-order valence-corrected chi connectivity index (χ4v) is 11.8. The molecule has 270 valence electrons. The average Bonchev–Trinajstić information content (AvgIpc) is 3.70. The third kappa shape index (κ3) is 5.32. The van der Waals surface area contributed by atoms with Gasteiger partial charge in [0.05, 0.1) is 41.9 Å². The molecule has 0 radical (unpaired) electrons. The Morgan fingerprint density at radius 1 is 1.00 bits per heavy atom. The van der Waals surface area contributed by atoms with Gasteiger partial charge < -0.3 is 19.9 Å². The monoisotopic (exact) mass is 696 g/mol. The van der Waals surface area contributed by atoms with E-state index in [0.717, 1.165) is 48.3 Å². The van der Waals surface area contributed by atoms with Crippen molar-refractivity contribution in [2.75, 3.05) is 18.5 Å². The van der Waals surface area contributed by atoms with Crippen LogP contribution in [-0.2, 0) is 11.8 Å². The predicted octanol–water partition coefficient (Wildman–Crippen LogP) is 6.66. The van der Waals surface area contributed by atoms with E-state index in [1.165, 1.54) is 57.0 Å². The van der Waals surface area contributed by atoms with Crippen molar-refractivity contribution in [3.8, 4) is 5.75 Å². The Balaban J connectivity index is 0.860. The van der Waals surface area contributed by atoms with Gasteiger partial charge in [0.1, 0.15) is 30.3 Å². The molecule has 4 aliphatic carbocycles. The molecule has 0 spiro atoms. The summed E-state index contributed by atoms with van der Waals surface area (Å²) < 4.78 is 29.2. The van der Waals surface area contributed by atoms with Crippen molar-refractivity contribution < 1.29 is 19.0 Å². The molecule has 2 aromatic heterocycles. The second-order valence-corrected chi connectivity index (χ2v) is 16.6. The SMILES string of the molecule is Cn1ncnc1[C@H]1c2n[nH]c(=O)c3cc(F)cc(c23)NC1c1ccc(OCCO[C@H]2CC[C@H]3[C@@H]4CC[C@H]5CC(O)CC[C@]5(C)[C@H]4CC[C@]23C)cc1. The van der Waals surface area contributed by atoms with Crippen LogP contribution in [0.15, 0.2) is 47.5 Å². The lowest BCUT2D eigenvalue weighted by Crippen LogP contribution is -2.54. The largest absolute Gasteiger partial charge is 0.491 e. The first kappa shape index (κ1) is 33.0. The van der Waals surface area contributed by atoms with Gasteiger partial charge in [0.25, 0.3) is 5.56 Å². The van der Waals surface area contributed by atoms with Crippen molar-refractivity contribution in [2.24, 2.45) is 41.5 Å². The van der Waals surface area contributed by atoms with Gasteiger partial charge in [-0.1, -0.05) is 26.0 Å². The molecule has 2 unspecified atom stereocenters. The first-order chi connectivity index (χ1) is 24.6. The van der Waals surface area contributed by atoms with Crippen molar-refractivity contribution in [3.63, 3.8) is 0 Å². The van der Waals surface area contributed by atoms with E-state index in [1.54, 1.807) is 4.68 Å². The number of anilines is 1. The fraction of sp³-hybridized carbons (Fsp3) is 0.600. The van der Waals surface area contributed by atoms with Crippen LogP contribution in [0, 0.1) is 40.3 Å². The van der Waals surface area contributed by atoms with Gasteiger partial charge >= 0.3 is 0 Å². The summed E-state index contributed by atoms with van der Waals surface area (Å²) >= 11 is 0. The molecular formula is C40H49FN6O4. The Morgan fingerprint density at radius 2 is 1.80 bits per heavy atom. The number of aromatic amines is 1. The van der Waals surface area contributed by atoms with Crippen LogP contribution >= 0.6 is 0 Å². The second kappa shape index (κ2) is 12.4. The molecule has 5 aliphatic rings. The van der Waals surface area contributed by atoms with Gasteiger partial charge in [-0.25, -0.2) is 14.5 Å². The number of nitrogens with zero attached hydrogens (tertiary/aromatic N) is 4. The lowest BCUT2D eigenvalue weighted by Gasteiger charge is -2.60. The number of halogens is 1. The molecule has 0 bridgehead atoms. The lowest BCUT2D eigenvalue weighted by molar-refractivity contribution is -0.142. The zero-order valence-electron chi connectivity index (χ0n) is 29.8. The van der Waals surface area contributed by atoms with Crippen molar-refractivity contribution in [1.29, 1.82) is 0 Å². The summed E-state index contributed by atoms with van der Waals surface area (Å²) in [5.41, 5.74) is 2.25. The molecular weight excluding hydrogens is 647 g/mol. The van der Waals surface area contributed by atoms with E-state index in [9.17, 15) is 14.3 Å². The Bertz CT molecular complexity index is 2000. The smallest absolute Gasteiger partial charge is 0.272 e. The summed E-state index contributed by atoms with van der Waals surface area (Å²) in [4.78, 5) is 17.2. The number of ether oxygens (including phenoxy) is 2. The van der Waals surface area contributed by atoms with E-state index in [-0.39, 0.29) is 29.1 Å². The Labute approximate surface area is 297 Å². The highest BCUT2D eigenvalue weighted by atomic mass is 19.1. The van der Waals surface area contributed by atoms with Crippen molar-refractivity contribution in [3.05, 3.63) is 76.0 Å². The summed E-state index contributed by atoms with van der Waals surface area (Å²) in [6.45, 7) is 6.08. The molecule has 9 rings (SSSR count). The molecule has 0 amide bonds. The molecule has 1 aliphatic heterocycles. The van der Waals surface area contributed by atoms with Gasteiger partial charge in [-0.05, 0) is 122 Å². The molecule has 4 aromatic rings. The minimum Gasteiger partial charge on any atom is -0.491 e. The maximum atomic E-state index is 14.7. The van der Waals surface area contributed by atoms with E-state index < -0.39 is 17.3 Å². The van der Waals surface area contributed by atoms with Gasteiger partial charge in [-0.3, -0.25) is 9.48 Å². The molecule has 0 saturated heterocycles. The number of fused-ring (bicyclic) bond motifs is 5. The summed E-state index contributed by atoms with van der Waals surface area (Å²) in [7, 11) is 1.83. The molecule has 2 aromatic carbocycles. The van der Waals surface area contributed by atoms with E-state index in [1.807, 2.05) is 31.3 Å². The van der Waals surface area contributed by atoms with Crippen molar-refractivity contribution in [2.45, 2.75) is 95.8 Å². The quantitative estimate of drug-likeness (QED) is 0.183. The molecule has 4 saturated carbocycles. The molecule has 4 fully saturated rings. The van der Waals surface area contributed by atoms with Gasteiger partial charge in [0.15, 0.2) is 0 Å². The summed E-state index contributed by atoms with van der Waals surface area (Å²) in [6.07, 6.45) is 12.3. The number of hydrogen-bond donors (Lipinski definition) is 3. The molecule has 10 nitrogen and oxygen atoms in total. The third-order valence-corrected chi connectivity index (χ3v) is 14.3. The lowest BCUT2D eigenvalue weighted by atomic mass is 9.45. The number of benzene rings is 2. The van der Waals surface area contributed by atoms with Crippen LogP contribution < -0.4 is 15.6 Å². The van der Waals surface area contributed by atoms with Crippen LogP contribution in [0.25, 0.3) is 10.8 Å². The first-order valence-corrected chi connectivity index (χ1v) is 19.0. The topological polar surface area (TPSA) is 127 Å². The van der Waals surface area contributed by atoms with Gasteiger partial charge in [-0.15, -0.1) is 0 Å². The summed E-state index contributed by atoms with van der Waals surface area (Å²) in [6, 6.07) is 10.2. The van der Waals surface area contributed by atoms with Crippen LogP contribution in [0.5, 0.6) is 5.75 Å². The number of rotatable bonds is 7. The number of aliphatic hydroxyl groups excluding tert-OH is 1. The number of aromatic nitrogens is 5. The number of hydrogen-bond acceptors (Lipinski definition) is 8. The second-order valence-electron chi connectivity index (χ2n) is 16.6. The van der Waals surface area contributed by atoms with Gasteiger partial charge in [0, 0.05) is 18.1 Å².